The summed E-state index contributed by atoms with van der Waals surface area (Å²) in [6, 6.07) is 6.53. The zero-order chi connectivity index (χ0) is 17.8. The van der Waals surface area contributed by atoms with Gasteiger partial charge in [-0.15, -0.1) is 0 Å². The fourth-order valence-corrected chi connectivity index (χ4v) is 2.19. The van der Waals surface area contributed by atoms with Crippen LogP contribution in [-0.4, -0.2) is 32.9 Å². The molecule has 0 spiro atoms. The molecule has 0 fully saturated rings. The van der Waals surface area contributed by atoms with E-state index >= 15 is 0 Å². The van der Waals surface area contributed by atoms with Crippen molar-refractivity contribution in [3.8, 4) is 0 Å². The zero-order valence-corrected chi connectivity index (χ0v) is 12.9. The highest BCUT2D eigenvalue weighted by Gasteiger charge is 2.11. The summed E-state index contributed by atoms with van der Waals surface area (Å²) in [4.78, 5) is 39.3. The lowest BCUT2D eigenvalue weighted by Gasteiger charge is -2.08. The smallest absolute Gasteiger partial charge is 0.322 e. The normalized spacial score (nSPS) is 10.6. The van der Waals surface area contributed by atoms with E-state index < -0.39 is 18.1 Å². The molecule has 9 heteroatoms. The summed E-state index contributed by atoms with van der Waals surface area (Å²) in [5.74, 6) is -0.877. The number of nitrogens with one attached hydrogen (secondary N) is 2. The van der Waals surface area contributed by atoms with Gasteiger partial charge in [0.05, 0.1) is 24.6 Å². The molecule has 0 aliphatic heterocycles. The summed E-state index contributed by atoms with van der Waals surface area (Å²) < 4.78 is 6.32. The van der Waals surface area contributed by atoms with Gasteiger partial charge >= 0.3 is 5.97 Å². The Kier molecular flexibility index (Phi) is 4.46. The van der Waals surface area contributed by atoms with Crippen molar-refractivity contribution in [3.05, 3.63) is 64.6 Å². The highest BCUT2D eigenvalue weighted by Crippen LogP contribution is 2.06. The van der Waals surface area contributed by atoms with Crippen LogP contribution in [0.25, 0.3) is 5.65 Å². The molecule has 3 rings (SSSR count). The average Bonchev–Trinajstić information content (AvgIpc) is 3.12. The number of furan rings is 1. The number of aliphatic carboxylic acids is 1. The van der Waals surface area contributed by atoms with E-state index in [1.807, 2.05) is 0 Å². The molecule has 9 nitrogen and oxygen atoms in total. The number of carboxylic acids is 1. The van der Waals surface area contributed by atoms with E-state index in [2.05, 4.69) is 15.6 Å². The van der Waals surface area contributed by atoms with E-state index in [1.54, 1.807) is 18.2 Å². The van der Waals surface area contributed by atoms with Crippen molar-refractivity contribution in [2.24, 2.45) is 0 Å². The maximum Gasteiger partial charge on any atom is 0.322 e. The lowest BCUT2D eigenvalue weighted by molar-refractivity contribution is -0.134. The van der Waals surface area contributed by atoms with Crippen LogP contribution < -0.4 is 16.2 Å². The lowest BCUT2D eigenvalue weighted by atomic mass is 10.2. The van der Waals surface area contributed by atoms with Gasteiger partial charge in [0.25, 0.3) is 11.5 Å². The molecule has 3 N–H and O–H groups in total. The van der Waals surface area contributed by atoms with Crippen LogP contribution in [0.1, 0.15) is 16.1 Å². The van der Waals surface area contributed by atoms with Crippen molar-refractivity contribution < 1.29 is 19.1 Å². The van der Waals surface area contributed by atoms with Crippen molar-refractivity contribution >= 4 is 23.2 Å². The maximum atomic E-state index is 12.4. The van der Waals surface area contributed by atoms with Gasteiger partial charge in [0, 0.05) is 6.20 Å². The number of pyridine rings is 1. The molecule has 0 atom stereocenters. The second-order valence-corrected chi connectivity index (χ2v) is 5.13. The first kappa shape index (κ1) is 16.2. The van der Waals surface area contributed by atoms with Crippen molar-refractivity contribution in [2.45, 2.75) is 6.54 Å². The number of carbonyl (C=O) groups is 2. The molecular weight excluding hydrogens is 328 g/mol. The topological polar surface area (TPSA) is 126 Å². The Morgan fingerprint density at radius 2 is 2.12 bits per heavy atom. The molecule has 0 saturated heterocycles. The number of fused-ring (bicyclic) bond motifs is 1. The van der Waals surface area contributed by atoms with Crippen LogP contribution in [0.3, 0.4) is 0 Å². The first-order valence-electron chi connectivity index (χ1n) is 7.32. The third-order valence-electron chi connectivity index (χ3n) is 3.40. The molecule has 3 heterocycles. The van der Waals surface area contributed by atoms with Gasteiger partial charge in [0.15, 0.2) is 0 Å². The average molecular weight is 342 g/mol. The Balaban J connectivity index is 1.84. The molecule has 3 aromatic rings. The van der Waals surface area contributed by atoms with Crippen molar-refractivity contribution in [3.63, 3.8) is 0 Å². The number of hydrogen-bond acceptors (Lipinski definition) is 6. The van der Waals surface area contributed by atoms with Crippen molar-refractivity contribution in [1.82, 2.24) is 14.7 Å². The van der Waals surface area contributed by atoms with Crippen LogP contribution >= 0.6 is 0 Å². The van der Waals surface area contributed by atoms with Gasteiger partial charge in [-0.1, -0.05) is 0 Å². The van der Waals surface area contributed by atoms with Gasteiger partial charge in [-0.25, -0.2) is 4.98 Å². The minimum Gasteiger partial charge on any atom is -0.480 e. The minimum absolute atomic E-state index is 0.0352. The molecule has 25 heavy (non-hydrogen) atoms. The Labute approximate surface area is 140 Å². The number of carbonyl (C=O) groups excluding carboxylic acids is 1. The van der Waals surface area contributed by atoms with Gasteiger partial charge in [-0.3, -0.25) is 18.8 Å². The predicted octanol–water partition coefficient (Wildman–Crippen LogP) is 0.714. The quantitative estimate of drug-likeness (QED) is 0.602. The van der Waals surface area contributed by atoms with Crippen LogP contribution in [0, 0.1) is 0 Å². The van der Waals surface area contributed by atoms with Crippen LogP contribution in [0.4, 0.5) is 5.69 Å². The number of aromatic nitrogens is 2. The van der Waals surface area contributed by atoms with Gasteiger partial charge in [0.1, 0.15) is 23.6 Å². The molecular formula is C16H14N4O5. The van der Waals surface area contributed by atoms with E-state index in [4.69, 9.17) is 9.52 Å². The molecule has 0 aliphatic rings. The standard InChI is InChI=1S/C16H14N4O5/c21-14(22)8-17-12-7-18-13-4-3-10(9-20(13)16(12)24)15(23)19-6-11-2-1-5-25-11/h1-5,7,9,17H,6,8H2,(H,19,23)(H,21,22). The summed E-state index contributed by atoms with van der Waals surface area (Å²) in [6.07, 6.45) is 4.12. The van der Waals surface area contributed by atoms with E-state index in [0.717, 1.165) is 0 Å². The molecule has 0 radical (unpaired) electrons. The second-order valence-electron chi connectivity index (χ2n) is 5.13. The van der Waals surface area contributed by atoms with Crippen LogP contribution in [0.15, 0.2) is 52.1 Å². The first-order chi connectivity index (χ1) is 12.0. The Hall–Kier alpha value is -3.62. The lowest BCUT2D eigenvalue weighted by Crippen LogP contribution is -2.26. The van der Waals surface area contributed by atoms with Crippen molar-refractivity contribution in [1.29, 1.82) is 0 Å². The van der Waals surface area contributed by atoms with E-state index in [0.29, 0.717) is 11.4 Å². The molecule has 1 amide bonds. The first-order valence-corrected chi connectivity index (χ1v) is 7.32. The SMILES string of the molecule is O=C(O)CNc1cnc2ccc(C(=O)NCc3ccco3)cn2c1=O. The van der Waals surface area contributed by atoms with E-state index in [-0.39, 0.29) is 23.7 Å². The summed E-state index contributed by atoms with van der Waals surface area (Å²) in [5, 5.41) is 13.8. The van der Waals surface area contributed by atoms with Crippen molar-refractivity contribution in [2.75, 3.05) is 11.9 Å². The third-order valence-corrected chi connectivity index (χ3v) is 3.40. The third kappa shape index (κ3) is 3.66. The molecule has 3 aromatic heterocycles. The fourth-order valence-electron chi connectivity index (χ4n) is 2.19. The van der Waals surface area contributed by atoms with Gasteiger partial charge in [-0.2, -0.15) is 0 Å². The number of hydrogen-bond donors (Lipinski definition) is 3. The molecule has 0 aliphatic carbocycles. The number of amides is 1. The Morgan fingerprint density at radius 3 is 2.84 bits per heavy atom. The molecule has 0 saturated carbocycles. The van der Waals surface area contributed by atoms with Gasteiger partial charge < -0.3 is 20.2 Å². The number of nitrogens with zero attached hydrogens (tertiary/aromatic N) is 2. The maximum absolute atomic E-state index is 12.4. The molecule has 128 valence electrons. The Bertz CT molecular complexity index is 978. The number of carboxylic acid groups (broad SMARTS) is 1. The van der Waals surface area contributed by atoms with Gasteiger partial charge in [-0.05, 0) is 24.3 Å². The summed E-state index contributed by atoms with van der Waals surface area (Å²) >= 11 is 0. The highest BCUT2D eigenvalue weighted by atomic mass is 16.4. The fraction of sp³-hybridized carbons (Fsp3) is 0.125. The van der Waals surface area contributed by atoms with E-state index in [9.17, 15) is 14.4 Å². The molecule has 0 aromatic carbocycles. The predicted molar refractivity (Wildman–Crippen MR) is 87.5 cm³/mol. The highest BCUT2D eigenvalue weighted by molar-refractivity contribution is 5.94. The van der Waals surface area contributed by atoms with Crippen LogP contribution in [0.5, 0.6) is 0 Å². The minimum atomic E-state index is -1.10. The largest absolute Gasteiger partial charge is 0.480 e. The molecule has 0 bridgehead atoms. The number of anilines is 1. The monoisotopic (exact) mass is 342 g/mol. The molecule has 0 unspecified atom stereocenters. The van der Waals surface area contributed by atoms with Gasteiger partial charge in [0.2, 0.25) is 0 Å². The second kappa shape index (κ2) is 6.87. The van der Waals surface area contributed by atoms with E-state index in [1.165, 1.54) is 29.1 Å². The Morgan fingerprint density at radius 1 is 1.28 bits per heavy atom. The van der Waals surface area contributed by atoms with Crippen LogP contribution in [-0.2, 0) is 11.3 Å². The summed E-state index contributed by atoms with van der Waals surface area (Å²) in [6.45, 7) is -0.191. The summed E-state index contributed by atoms with van der Waals surface area (Å²) in [7, 11) is 0. The van der Waals surface area contributed by atoms with Crippen LogP contribution in [0.2, 0.25) is 0 Å². The summed E-state index contributed by atoms with van der Waals surface area (Å²) in [5.41, 5.74) is 0.145. The zero-order valence-electron chi connectivity index (χ0n) is 12.9. The number of rotatable bonds is 6.